The fourth-order valence-corrected chi connectivity index (χ4v) is 2.46. The number of benzene rings is 1. The summed E-state index contributed by atoms with van der Waals surface area (Å²) in [5.74, 6) is 5.43. The van der Waals surface area contributed by atoms with Crippen molar-refractivity contribution in [3.8, 4) is 17.9 Å². The maximum atomic E-state index is 12.2. The second kappa shape index (κ2) is 7.25. The molecule has 0 fully saturated rings. The van der Waals surface area contributed by atoms with Gasteiger partial charge in [0.2, 0.25) is 0 Å². The van der Waals surface area contributed by atoms with Crippen molar-refractivity contribution in [3.63, 3.8) is 0 Å². The molecule has 0 atom stereocenters. The van der Waals surface area contributed by atoms with Gasteiger partial charge in [-0.05, 0) is 29.1 Å². The van der Waals surface area contributed by atoms with Gasteiger partial charge < -0.3 is 11.1 Å². The lowest BCUT2D eigenvalue weighted by atomic mass is 10.1. The van der Waals surface area contributed by atoms with Crippen LogP contribution in [0.2, 0.25) is 0 Å². The molecule has 0 saturated carbocycles. The van der Waals surface area contributed by atoms with Crippen LogP contribution in [0.25, 0.3) is 0 Å². The van der Waals surface area contributed by atoms with Crippen molar-refractivity contribution in [3.05, 3.63) is 51.7 Å². The van der Waals surface area contributed by atoms with E-state index in [-0.39, 0.29) is 12.5 Å². The summed E-state index contributed by atoms with van der Waals surface area (Å²) >= 11 is 1.34. The number of nitrogens with two attached hydrogens (primary N) is 1. The lowest BCUT2D eigenvalue weighted by Gasteiger charge is -2.04. The van der Waals surface area contributed by atoms with Gasteiger partial charge in [-0.2, -0.15) is 5.26 Å². The van der Waals surface area contributed by atoms with Crippen molar-refractivity contribution in [1.82, 2.24) is 0 Å². The highest BCUT2D eigenvalue weighted by atomic mass is 32.1. The number of anilines is 1. The number of hydrogen-bond donors (Lipinski definition) is 2. The van der Waals surface area contributed by atoms with Gasteiger partial charge in [-0.15, -0.1) is 11.3 Å². The Balaban J connectivity index is 2.11. The number of carbonyl (C=O) groups excluding carboxylic acids is 1. The number of thiophene rings is 1. The van der Waals surface area contributed by atoms with E-state index in [9.17, 15) is 4.79 Å². The third kappa shape index (κ3) is 3.93. The molecule has 0 spiro atoms. The maximum Gasteiger partial charge on any atom is 0.267 e. The molecule has 0 bridgehead atoms. The second-order valence-electron chi connectivity index (χ2n) is 4.16. The summed E-state index contributed by atoms with van der Waals surface area (Å²) in [6.07, 6.45) is 0.359. The molecule has 0 saturated heterocycles. The minimum Gasteiger partial charge on any atom is -0.321 e. The van der Waals surface area contributed by atoms with Gasteiger partial charge in [0, 0.05) is 11.3 Å². The lowest BCUT2D eigenvalue weighted by Crippen LogP contribution is -2.11. The van der Waals surface area contributed by atoms with Crippen LogP contribution < -0.4 is 11.1 Å². The van der Waals surface area contributed by atoms with Crippen molar-refractivity contribution in [1.29, 1.82) is 5.26 Å². The predicted molar refractivity (Wildman–Crippen MR) is 84.0 cm³/mol. The van der Waals surface area contributed by atoms with E-state index in [1.54, 1.807) is 18.2 Å². The number of carbonyl (C=O) groups is 1. The normalized spacial score (nSPS) is 9.33. The Kier molecular flexibility index (Phi) is 5.11. The molecule has 0 radical (unpaired) electrons. The van der Waals surface area contributed by atoms with Crippen LogP contribution in [0.15, 0.2) is 35.7 Å². The van der Waals surface area contributed by atoms with Crippen molar-refractivity contribution in [2.75, 3.05) is 11.9 Å². The first-order chi connectivity index (χ1) is 10.2. The third-order valence-electron chi connectivity index (χ3n) is 2.69. The van der Waals surface area contributed by atoms with Crippen LogP contribution in [-0.2, 0) is 6.42 Å². The molecule has 5 heteroatoms. The van der Waals surface area contributed by atoms with Gasteiger partial charge in [0.05, 0.1) is 19.0 Å². The Labute approximate surface area is 127 Å². The molecule has 0 unspecified atom stereocenters. The summed E-state index contributed by atoms with van der Waals surface area (Å²) in [4.78, 5) is 12.8. The van der Waals surface area contributed by atoms with Crippen molar-refractivity contribution < 1.29 is 4.79 Å². The topological polar surface area (TPSA) is 78.9 Å². The molecule has 1 heterocycles. The van der Waals surface area contributed by atoms with Crippen LogP contribution in [0, 0.1) is 23.2 Å². The second-order valence-corrected chi connectivity index (χ2v) is 5.07. The quantitative estimate of drug-likeness (QED) is 0.853. The Morgan fingerprint density at radius 2 is 2.05 bits per heavy atom. The summed E-state index contributed by atoms with van der Waals surface area (Å²) in [5, 5.41) is 13.3. The van der Waals surface area contributed by atoms with Crippen LogP contribution in [-0.4, -0.2) is 12.5 Å². The molecule has 2 aromatic rings. The average Bonchev–Trinajstić information content (AvgIpc) is 2.96. The Bertz CT molecular complexity index is 729. The molecule has 0 aliphatic heterocycles. The molecular weight excluding hydrogens is 282 g/mol. The van der Waals surface area contributed by atoms with E-state index in [1.165, 1.54) is 11.3 Å². The highest BCUT2D eigenvalue weighted by Crippen LogP contribution is 2.18. The van der Waals surface area contributed by atoms with Gasteiger partial charge in [0.15, 0.2) is 0 Å². The van der Waals surface area contributed by atoms with E-state index in [0.29, 0.717) is 22.5 Å². The van der Waals surface area contributed by atoms with Crippen LogP contribution >= 0.6 is 11.3 Å². The fraction of sp³-hybridized carbons (Fsp3) is 0.125. The number of rotatable bonds is 3. The molecule has 1 aromatic carbocycles. The maximum absolute atomic E-state index is 12.2. The number of nitriles is 1. The molecule has 3 N–H and O–H groups in total. The van der Waals surface area contributed by atoms with E-state index < -0.39 is 0 Å². The van der Waals surface area contributed by atoms with E-state index in [2.05, 4.69) is 23.2 Å². The van der Waals surface area contributed by atoms with Gasteiger partial charge in [0.25, 0.3) is 5.91 Å². The monoisotopic (exact) mass is 295 g/mol. The van der Waals surface area contributed by atoms with Crippen molar-refractivity contribution in [2.45, 2.75) is 6.42 Å². The number of nitrogens with zero attached hydrogens (tertiary/aromatic N) is 1. The van der Waals surface area contributed by atoms with Gasteiger partial charge in [-0.3, -0.25) is 4.79 Å². The van der Waals surface area contributed by atoms with Gasteiger partial charge >= 0.3 is 0 Å². The smallest absolute Gasteiger partial charge is 0.267 e. The van der Waals surface area contributed by atoms with E-state index in [0.717, 1.165) is 5.56 Å². The zero-order chi connectivity index (χ0) is 15.1. The highest BCUT2D eigenvalue weighted by Gasteiger charge is 2.12. The van der Waals surface area contributed by atoms with Gasteiger partial charge in [0.1, 0.15) is 4.88 Å². The zero-order valence-corrected chi connectivity index (χ0v) is 12.0. The molecule has 0 aliphatic rings. The van der Waals surface area contributed by atoms with Crippen molar-refractivity contribution in [2.24, 2.45) is 5.73 Å². The summed E-state index contributed by atoms with van der Waals surface area (Å²) < 4.78 is 0. The molecule has 21 heavy (non-hydrogen) atoms. The van der Waals surface area contributed by atoms with Gasteiger partial charge in [-0.1, -0.05) is 24.0 Å². The van der Waals surface area contributed by atoms with E-state index in [4.69, 9.17) is 11.0 Å². The zero-order valence-electron chi connectivity index (χ0n) is 11.2. The molecule has 2 rings (SSSR count). The van der Waals surface area contributed by atoms with Crippen LogP contribution in [0.1, 0.15) is 20.8 Å². The van der Waals surface area contributed by atoms with Crippen molar-refractivity contribution >= 4 is 22.9 Å². The summed E-state index contributed by atoms with van der Waals surface area (Å²) in [6, 6.07) is 11.1. The molecule has 4 nitrogen and oxygen atoms in total. The fourth-order valence-electron chi connectivity index (χ4n) is 1.71. The molecule has 1 amide bonds. The van der Waals surface area contributed by atoms with Crippen LogP contribution in [0.3, 0.4) is 0 Å². The van der Waals surface area contributed by atoms with Gasteiger partial charge in [-0.25, -0.2) is 0 Å². The largest absolute Gasteiger partial charge is 0.321 e. The van der Waals surface area contributed by atoms with Crippen LogP contribution in [0.4, 0.5) is 5.69 Å². The Morgan fingerprint density at radius 1 is 1.29 bits per heavy atom. The summed E-state index contributed by atoms with van der Waals surface area (Å²) in [5.41, 5.74) is 7.63. The molecule has 0 aliphatic carbocycles. The minimum absolute atomic E-state index is 0.195. The first-order valence-electron chi connectivity index (χ1n) is 6.28. The number of hydrogen-bond acceptors (Lipinski definition) is 4. The molecule has 1 aromatic heterocycles. The average molecular weight is 295 g/mol. The number of nitrogens with one attached hydrogen (secondary N) is 1. The standard InChI is InChI=1S/C16H13N3OS/c17-9-1-2-13-8-11-21-15(13)16(20)19-14-5-3-12(4-6-14)7-10-18/h3-6,8,11H,7,9,17H2,(H,19,20). The predicted octanol–water partition coefficient (Wildman–Crippen LogP) is 2.38. The first kappa shape index (κ1) is 14.8. The van der Waals surface area contributed by atoms with Crippen LogP contribution in [0.5, 0.6) is 0 Å². The summed E-state index contributed by atoms with van der Waals surface area (Å²) in [7, 11) is 0. The SMILES string of the molecule is N#CCc1ccc(NC(=O)c2sccc2C#CCN)cc1. The van der Waals surface area contributed by atoms with E-state index >= 15 is 0 Å². The first-order valence-corrected chi connectivity index (χ1v) is 7.16. The minimum atomic E-state index is -0.195. The number of amides is 1. The molecule has 104 valence electrons. The van der Waals surface area contributed by atoms with E-state index in [1.807, 2.05) is 17.5 Å². The lowest BCUT2D eigenvalue weighted by molar-refractivity contribution is 0.103. The third-order valence-corrected chi connectivity index (χ3v) is 3.60. The Morgan fingerprint density at radius 3 is 2.71 bits per heavy atom. The Hall–Kier alpha value is -2.60. The summed E-state index contributed by atoms with van der Waals surface area (Å²) in [6.45, 7) is 0.261. The highest BCUT2D eigenvalue weighted by molar-refractivity contribution is 7.12. The molecular formula is C16H13N3OS.